The summed E-state index contributed by atoms with van der Waals surface area (Å²) in [7, 11) is 0. The van der Waals surface area contributed by atoms with Crippen LogP contribution in [0.3, 0.4) is 0 Å². The predicted octanol–water partition coefficient (Wildman–Crippen LogP) is 2.98. The summed E-state index contributed by atoms with van der Waals surface area (Å²) < 4.78 is 7.29. The van der Waals surface area contributed by atoms with Gasteiger partial charge in [-0.25, -0.2) is 9.67 Å². The second kappa shape index (κ2) is 3.94. The largest absolute Gasteiger partial charge is 0.444 e. The van der Waals surface area contributed by atoms with E-state index in [2.05, 4.69) is 29.1 Å². The minimum Gasteiger partial charge on any atom is -0.444 e. The highest BCUT2D eigenvalue weighted by Crippen LogP contribution is 2.23. The number of aromatic nitrogens is 4. The highest BCUT2D eigenvalue weighted by Gasteiger charge is 2.10. The van der Waals surface area contributed by atoms with E-state index in [9.17, 15) is 0 Å². The Labute approximate surface area is 104 Å². The molecular weight excluding hydrogens is 228 g/mol. The van der Waals surface area contributed by atoms with Crippen LogP contribution in [-0.4, -0.2) is 20.0 Å². The first-order chi connectivity index (χ1) is 8.65. The van der Waals surface area contributed by atoms with Crippen molar-refractivity contribution in [1.29, 1.82) is 0 Å². The fraction of sp³-hybridized carbons (Fsp3) is 0.308. The Hall–Kier alpha value is -2.17. The molecule has 0 unspecified atom stereocenters. The van der Waals surface area contributed by atoms with Crippen LogP contribution in [0.15, 0.2) is 28.9 Å². The van der Waals surface area contributed by atoms with Gasteiger partial charge in [0.1, 0.15) is 11.8 Å². The van der Waals surface area contributed by atoms with Crippen molar-refractivity contribution in [3.8, 4) is 11.5 Å². The first-order valence-electron chi connectivity index (χ1n) is 5.92. The van der Waals surface area contributed by atoms with Gasteiger partial charge < -0.3 is 4.42 Å². The molecule has 0 radical (unpaired) electrons. The first kappa shape index (κ1) is 11.0. The zero-order valence-corrected chi connectivity index (χ0v) is 10.6. The number of benzene rings is 1. The summed E-state index contributed by atoms with van der Waals surface area (Å²) in [5, 5.41) is 8.33. The molecule has 0 N–H and O–H groups in total. The van der Waals surface area contributed by atoms with Gasteiger partial charge >= 0.3 is 0 Å². The number of aryl methyl sites for hydroxylation is 1. The lowest BCUT2D eigenvalue weighted by atomic mass is 10.2. The maximum Gasteiger partial charge on any atom is 0.226 e. The van der Waals surface area contributed by atoms with Gasteiger partial charge in [-0.3, -0.25) is 0 Å². The average molecular weight is 242 g/mol. The highest BCUT2D eigenvalue weighted by molar-refractivity contribution is 5.79. The van der Waals surface area contributed by atoms with Crippen molar-refractivity contribution in [3.05, 3.63) is 30.2 Å². The van der Waals surface area contributed by atoms with Gasteiger partial charge in [0.2, 0.25) is 5.89 Å². The van der Waals surface area contributed by atoms with Crippen LogP contribution in [0.4, 0.5) is 0 Å². The normalized spacial score (nSPS) is 11.6. The fourth-order valence-corrected chi connectivity index (χ4v) is 1.94. The number of nitrogens with zero attached hydrogens (tertiary/aromatic N) is 4. The van der Waals surface area contributed by atoms with Gasteiger partial charge in [0.25, 0.3) is 0 Å². The zero-order valence-electron chi connectivity index (χ0n) is 10.6. The van der Waals surface area contributed by atoms with Crippen LogP contribution < -0.4 is 0 Å². The maximum absolute atomic E-state index is 5.39. The molecule has 0 bridgehead atoms. The van der Waals surface area contributed by atoms with Gasteiger partial charge in [0, 0.05) is 11.6 Å². The molecule has 0 saturated carbocycles. The predicted molar refractivity (Wildman–Crippen MR) is 68.1 cm³/mol. The molecule has 0 spiro atoms. The van der Waals surface area contributed by atoms with E-state index in [0.717, 1.165) is 22.3 Å². The van der Waals surface area contributed by atoms with Gasteiger partial charge in [0.15, 0.2) is 0 Å². The van der Waals surface area contributed by atoms with Crippen molar-refractivity contribution in [2.45, 2.75) is 26.8 Å². The van der Waals surface area contributed by atoms with Crippen LogP contribution in [-0.2, 0) is 0 Å². The third kappa shape index (κ3) is 1.68. The Morgan fingerprint density at radius 2 is 2.11 bits per heavy atom. The Morgan fingerprint density at radius 3 is 2.78 bits per heavy atom. The lowest BCUT2D eigenvalue weighted by Crippen LogP contribution is -2.02. The number of oxazole rings is 1. The molecule has 0 saturated heterocycles. The van der Waals surface area contributed by atoms with Crippen LogP contribution >= 0.6 is 0 Å². The Morgan fingerprint density at radius 1 is 1.28 bits per heavy atom. The molecule has 5 heteroatoms. The zero-order chi connectivity index (χ0) is 12.7. The molecule has 0 aliphatic rings. The molecule has 1 aromatic carbocycles. The Kier molecular flexibility index (Phi) is 2.40. The summed E-state index contributed by atoms with van der Waals surface area (Å²) in [4.78, 5) is 4.31. The number of fused-ring (bicyclic) bond motifs is 1. The van der Waals surface area contributed by atoms with E-state index in [1.807, 2.05) is 29.8 Å². The van der Waals surface area contributed by atoms with Gasteiger partial charge in [-0.2, -0.15) is 0 Å². The third-order valence-electron chi connectivity index (χ3n) is 2.83. The minimum absolute atomic E-state index is 0.296. The maximum atomic E-state index is 5.39. The fourth-order valence-electron chi connectivity index (χ4n) is 1.94. The minimum atomic E-state index is 0.296. The number of hydrogen-bond donors (Lipinski definition) is 0. The summed E-state index contributed by atoms with van der Waals surface area (Å²) in [5.41, 5.74) is 3.68. The first-order valence-corrected chi connectivity index (χ1v) is 5.92. The molecular formula is C13H14N4O. The van der Waals surface area contributed by atoms with Gasteiger partial charge in [-0.1, -0.05) is 5.21 Å². The second-order valence-electron chi connectivity index (χ2n) is 4.63. The van der Waals surface area contributed by atoms with Gasteiger partial charge in [-0.15, -0.1) is 5.10 Å². The molecule has 5 nitrogen and oxygen atoms in total. The van der Waals surface area contributed by atoms with Crippen LogP contribution in [0.5, 0.6) is 0 Å². The topological polar surface area (TPSA) is 56.7 Å². The molecule has 2 heterocycles. The van der Waals surface area contributed by atoms with Gasteiger partial charge in [-0.05, 0) is 39.0 Å². The van der Waals surface area contributed by atoms with Gasteiger partial charge in [0.05, 0.1) is 11.2 Å². The summed E-state index contributed by atoms with van der Waals surface area (Å²) in [6, 6.07) is 6.23. The van der Waals surface area contributed by atoms with E-state index in [-0.39, 0.29) is 0 Å². The molecule has 3 aromatic rings. The molecule has 0 fully saturated rings. The highest BCUT2D eigenvalue weighted by atomic mass is 16.3. The van der Waals surface area contributed by atoms with Crippen LogP contribution in [0.25, 0.3) is 22.5 Å². The summed E-state index contributed by atoms with van der Waals surface area (Å²) in [6.45, 7) is 6.07. The van der Waals surface area contributed by atoms with E-state index in [4.69, 9.17) is 4.42 Å². The van der Waals surface area contributed by atoms with Crippen molar-refractivity contribution in [1.82, 2.24) is 20.0 Å². The molecule has 0 aliphatic carbocycles. The van der Waals surface area contributed by atoms with Crippen molar-refractivity contribution in [2.75, 3.05) is 0 Å². The molecule has 2 aromatic heterocycles. The van der Waals surface area contributed by atoms with E-state index in [1.165, 1.54) is 0 Å². The molecule has 0 aliphatic heterocycles. The Bertz CT molecular complexity index is 696. The van der Waals surface area contributed by atoms with Crippen LogP contribution in [0, 0.1) is 6.92 Å². The molecule has 18 heavy (non-hydrogen) atoms. The summed E-state index contributed by atoms with van der Waals surface area (Å²) in [5.74, 6) is 0.619. The smallest absolute Gasteiger partial charge is 0.226 e. The number of rotatable bonds is 2. The van der Waals surface area contributed by atoms with E-state index < -0.39 is 0 Å². The average Bonchev–Trinajstić information content (AvgIpc) is 2.93. The van der Waals surface area contributed by atoms with Crippen molar-refractivity contribution in [2.24, 2.45) is 0 Å². The molecule has 0 atom stereocenters. The molecule has 3 rings (SSSR count). The SMILES string of the molecule is Cc1coc(-c2ccc3c(c2)nnn3C(C)C)n1. The monoisotopic (exact) mass is 242 g/mol. The lowest BCUT2D eigenvalue weighted by Gasteiger charge is -2.04. The van der Waals surface area contributed by atoms with Crippen molar-refractivity contribution >= 4 is 11.0 Å². The Balaban J connectivity index is 2.12. The van der Waals surface area contributed by atoms with E-state index >= 15 is 0 Å². The van der Waals surface area contributed by atoms with Crippen molar-refractivity contribution < 1.29 is 4.42 Å². The molecule has 92 valence electrons. The number of hydrogen-bond acceptors (Lipinski definition) is 4. The summed E-state index contributed by atoms with van der Waals surface area (Å²) >= 11 is 0. The standard InChI is InChI=1S/C13H14N4O/c1-8(2)17-12-5-4-10(6-11(12)15-16-17)13-14-9(3)7-18-13/h4-8H,1-3H3. The lowest BCUT2D eigenvalue weighted by molar-refractivity contribution is 0.530. The quantitative estimate of drug-likeness (QED) is 0.693. The molecule has 0 amide bonds. The van der Waals surface area contributed by atoms with Crippen LogP contribution in [0.1, 0.15) is 25.6 Å². The third-order valence-corrected chi connectivity index (χ3v) is 2.83. The van der Waals surface area contributed by atoms with Crippen LogP contribution in [0.2, 0.25) is 0 Å². The van der Waals surface area contributed by atoms with E-state index in [1.54, 1.807) is 6.26 Å². The van der Waals surface area contributed by atoms with E-state index in [0.29, 0.717) is 11.9 Å². The second-order valence-corrected chi connectivity index (χ2v) is 4.63. The van der Waals surface area contributed by atoms with Crippen molar-refractivity contribution in [3.63, 3.8) is 0 Å². The summed E-state index contributed by atoms with van der Waals surface area (Å²) in [6.07, 6.45) is 1.64.